The third kappa shape index (κ3) is 4.07. The van der Waals surface area contributed by atoms with Gasteiger partial charge in [-0.3, -0.25) is 10.1 Å². The van der Waals surface area contributed by atoms with E-state index in [4.69, 9.17) is 5.73 Å². The first-order valence-corrected chi connectivity index (χ1v) is 11.9. The average molecular weight is 467 g/mol. The Kier molecular flexibility index (Phi) is 6.09. The molecule has 2 atom stereocenters. The van der Waals surface area contributed by atoms with E-state index < -0.39 is 11.0 Å². The highest BCUT2D eigenvalue weighted by Crippen LogP contribution is 2.39. The molecule has 4 N–H and O–H groups in total. The van der Waals surface area contributed by atoms with Crippen molar-refractivity contribution in [3.63, 3.8) is 0 Å². The molecule has 0 spiro atoms. The van der Waals surface area contributed by atoms with E-state index in [0.717, 1.165) is 23.9 Å². The lowest BCUT2D eigenvalue weighted by Crippen LogP contribution is -2.45. The van der Waals surface area contributed by atoms with Gasteiger partial charge in [0.05, 0.1) is 34.0 Å². The second kappa shape index (κ2) is 9.19. The van der Waals surface area contributed by atoms with Gasteiger partial charge in [-0.2, -0.15) is 0 Å². The van der Waals surface area contributed by atoms with Crippen LogP contribution in [-0.2, 0) is 0 Å². The second-order valence-corrected chi connectivity index (χ2v) is 9.41. The molecule has 2 fully saturated rings. The molecule has 5 rings (SSSR count). The summed E-state index contributed by atoms with van der Waals surface area (Å²) in [6.07, 6.45) is 7.76. The van der Waals surface area contributed by atoms with E-state index in [0.29, 0.717) is 36.0 Å². The lowest BCUT2D eigenvalue weighted by Gasteiger charge is -2.36. The quantitative estimate of drug-likeness (QED) is 0.384. The van der Waals surface area contributed by atoms with Gasteiger partial charge in [0.15, 0.2) is 0 Å². The molecule has 180 valence electrons. The highest BCUT2D eigenvalue weighted by molar-refractivity contribution is 5.88. The zero-order valence-corrected chi connectivity index (χ0v) is 19.0. The molecular formula is C24H30N6O4. The van der Waals surface area contributed by atoms with Gasteiger partial charge in [-0.15, -0.1) is 0 Å². The molecule has 3 aromatic rings. The molecule has 0 amide bonds. The number of pyridine rings is 1. The van der Waals surface area contributed by atoms with Crippen LogP contribution in [0.4, 0.5) is 17.3 Å². The number of hydrogen-bond donors (Lipinski definition) is 3. The summed E-state index contributed by atoms with van der Waals surface area (Å²) in [4.78, 5) is 22.1. The van der Waals surface area contributed by atoms with Crippen LogP contribution < -0.4 is 10.6 Å². The number of aliphatic hydroxyl groups is 2. The fourth-order valence-electron chi connectivity index (χ4n) is 5.37. The van der Waals surface area contributed by atoms with E-state index in [9.17, 15) is 20.3 Å². The Bertz CT molecular complexity index is 1210. The Hall–Kier alpha value is -3.24. The van der Waals surface area contributed by atoms with Crippen LogP contribution in [0.25, 0.3) is 22.2 Å². The molecule has 3 heterocycles. The van der Waals surface area contributed by atoms with Gasteiger partial charge >= 0.3 is 5.69 Å². The van der Waals surface area contributed by atoms with E-state index in [1.165, 1.54) is 19.3 Å². The number of fused-ring (bicyclic) bond motifs is 1. The average Bonchev–Trinajstić information content (AvgIpc) is 3.27. The third-order valence-electron chi connectivity index (χ3n) is 7.32. The molecule has 0 bridgehead atoms. The zero-order chi connectivity index (χ0) is 23.8. The number of β-amino-alcohol motifs (C(OH)–C–C–N with tert-alkyl or cyclic N) is 1. The summed E-state index contributed by atoms with van der Waals surface area (Å²) in [7, 11) is 0. The number of aromatic nitrogens is 3. The summed E-state index contributed by atoms with van der Waals surface area (Å²) in [5, 5.41) is 31.7. The highest BCUT2D eigenvalue weighted by atomic mass is 16.6. The number of nitrogen functional groups attached to an aromatic ring is 1. The van der Waals surface area contributed by atoms with Crippen molar-refractivity contribution in [1.29, 1.82) is 0 Å². The number of piperidine rings is 1. The SMILES string of the molecule is Nc1nc(N2CC[C@H](CO)[C@@H](O)C2)cc(-c2ccc3c(c2)ncn3C2CCCCC2)c1[N+](=O)[O-]. The Morgan fingerprint density at radius 3 is 2.68 bits per heavy atom. The van der Waals surface area contributed by atoms with Crippen LogP contribution in [0.3, 0.4) is 0 Å². The van der Waals surface area contributed by atoms with Crippen molar-refractivity contribution in [2.24, 2.45) is 5.92 Å². The minimum absolute atomic E-state index is 0.0798. The number of rotatable bonds is 5. The van der Waals surface area contributed by atoms with E-state index in [-0.39, 0.29) is 30.6 Å². The standard InChI is InChI=1S/C24H30N6O4/c25-24-23(30(33)34)18(11-22(27-24)28-9-8-16(13-31)21(32)12-28)15-6-7-20-19(10-15)26-14-29(20)17-4-2-1-3-5-17/h6-7,10-11,14,16-17,21,31-32H,1-5,8-9,12-13H2,(H2,25,27)/t16-,21+/m1/s1. The minimum atomic E-state index is -0.708. The molecule has 1 saturated carbocycles. The van der Waals surface area contributed by atoms with E-state index in [1.54, 1.807) is 6.07 Å². The molecule has 1 aliphatic heterocycles. The molecule has 34 heavy (non-hydrogen) atoms. The Morgan fingerprint density at radius 1 is 1.18 bits per heavy atom. The maximum Gasteiger partial charge on any atom is 0.319 e. The van der Waals surface area contributed by atoms with Crippen LogP contribution in [0.15, 0.2) is 30.6 Å². The van der Waals surface area contributed by atoms with Crippen molar-refractivity contribution in [1.82, 2.24) is 14.5 Å². The first-order chi connectivity index (χ1) is 16.5. The smallest absolute Gasteiger partial charge is 0.319 e. The first-order valence-electron chi connectivity index (χ1n) is 11.9. The molecule has 0 unspecified atom stereocenters. The van der Waals surface area contributed by atoms with Crippen LogP contribution in [-0.4, -0.2) is 55.5 Å². The molecule has 0 radical (unpaired) electrons. The third-order valence-corrected chi connectivity index (χ3v) is 7.32. The number of nitrogens with two attached hydrogens (primary N) is 1. The monoisotopic (exact) mass is 466 g/mol. The molecular weight excluding hydrogens is 436 g/mol. The number of hydrogen-bond acceptors (Lipinski definition) is 8. The molecule has 10 nitrogen and oxygen atoms in total. The molecule has 10 heteroatoms. The Balaban J connectivity index is 1.53. The number of nitrogens with zero attached hydrogens (tertiary/aromatic N) is 5. The molecule has 2 aromatic heterocycles. The lowest BCUT2D eigenvalue weighted by atomic mass is 9.94. The second-order valence-electron chi connectivity index (χ2n) is 9.41. The van der Waals surface area contributed by atoms with Gasteiger partial charge in [-0.25, -0.2) is 9.97 Å². The van der Waals surface area contributed by atoms with Gasteiger partial charge in [0.2, 0.25) is 5.82 Å². The topological polar surface area (TPSA) is 144 Å². The van der Waals surface area contributed by atoms with E-state index in [1.807, 2.05) is 29.4 Å². The Labute approximate surface area is 197 Å². The summed E-state index contributed by atoms with van der Waals surface area (Å²) in [5.74, 6) is 0.123. The van der Waals surface area contributed by atoms with E-state index in [2.05, 4.69) is 14.5 Å². The number of benzene rings is 1. The van der Waals surface area contributed by atoms with Crippen molar-refractivity contribution in [3.8, 4) is 11.1 Å². The highest BCUT2D eigenvalue weighted by Gasteiger charge is 2.30. The van der Waals surface area contributed by atoms with Crippen LogP contribution in [0.2, 0.25) is 0 Å². The van der Waals surface area contributed by atoms with Crippen molar-refractivity contribution in [3.05, 3.63) is 40.7 Å². The van der Waals surface area contributed by atoms with E-state index >= 15 is 0 Å². The van der Waals surface area contributed by atoms with Gasteiger partial charge in [0, 0.05) is 31.7 Å². The fraction of sp³-hybridized carbons (Fsp3) is 0.500. The molecule has 1 aliphatic carbocycles. The lowest BCUT2D eigenvalue weighted by molar-refractivity contribution is -0.383. The van der Waals surface area contributed by atoms with Crippen molar-refractivity contribution in [2.45, 2.75) is 50.7 Å². The zero-order valence-electron chi connectivity index (χ0n) is 19.0. The largest absolute Gasteiger partial charge is 0.396 e. The fourth-order valence-corrected chi connectivity index (χ4v) is 5.37. The van der Waals surface area contributed by atoms with Crippen molar-refractivity contribution < 1.29 is 15.1 Å². The van der Waals surface area contributed by atoms with Crippen LogP contribution in [0, 0.1) is 16.0 Å². The number of anilines is 2. The molecule has 2 aliphatic rings. The number of nitro groups is 1. The summed E-state index contributed by atoms with van der Waals surface area (Å²) in [6, 6.07) is 7.83. The minimum Gasteiger partial charge on any atom is -0.396 e. The first kappa shape index (κ1) is 22.5. The number of imidazole rings is 1. The normalized spacial score (nSPS) is 21.8. The van der Waals surface area contributed by atoms with Gasteiger partial charge in [0.25, 0.3) is 0 Å². The summed E-state index contributed by atoms with van der Waals surface area (Å²) in [6.45, 7) is 0.764. The maximum atomic E-state index is 11.9. The predicted molar refractivity (Wildman–Crippen MR) is 130 cm³/mol. The van der Waals surface area contributed by atoms with Gasteiger partial charge in [-0.05, 0) is 43.0 Å². The summed E-state index contributed by atoms with van der Waals surface area (Å²) >= 11 is 0. The molecule has 1 aromatic carbocycles. The Morgan fingerprint density at radius 2 is 1.97 bits per heavy atom. The van der Waals surface area contributed by atoms with Gasteiger partial charge in [0.1, 0.15) is 5.82 Å². The summed E-state index contributed by atoms with van der Waals surface area (Å²) < 4.78 is 2.23. The van der Waals surface area contributed by atoms with Crippen molar-refractivity contribution >= 4 is 28.4 Å². The summed E-state index contributed by atoms with van der Waals surface area (Å²) in [5.41, 5.74) is 8.66. The van der Waals surface area contributed by atoms with Crippen LogP contribution in [0.5, 0.6) is 0 Å². The van der Waals surface area contributed by atoms with Gasteiger partial charge < -0.3 is 25.4 Å². The van der Waals surface area contributed by atoms with Gasteiger partial charge in [-0.1, -0.05) is 25.3 Å². The van der Waals surface area contributed by atoms with Crippen molar-refractivity contribution in [2.75, 3.05) is 30.3 Å². The predicted octanol–water partition coefficient (Wildman–Crippen LogP) is 3.27. The maximum absolute atomic E-state index is 11.9. The number of aliphatic hydroxyl groups excluding tert-OH is 2. The molecule has 1 saturated heterocycles. The van der Waals surface area contributed by atoms with Crippen LogP contribution in [0.1, 0.15) is 44.6 Å². The van der Waals surface area contributed by atoms with Crippen LogP contribution >= 0.6 is 0 Å².